The van der Waals surface area contributed by atoms with Crippen molar-refractivity contribution >= 4 is 34.0 Å². The Bertz CT molecular complexity index is 915. The summed E-state index contributed by atoms with van der Waals surface area (Å²) in [5.74, 6) is -3.66. The number of hydrogen-bond acceptors (Lipinski definition) is 10. The molecule has 30 heavy (non-hydrogen) atoms. The van der Waals surface area contributed by atoms with Gasteiger partial charge in [0.1, 0.15) is 6.10 Å². The number of hydrogen-bond donors (Lipinski definition) is 4. The highest BCUT2D eigenvalue weighted by atomic mass is 32.3. The third kappa shape index (κ3) is 6.31. The van der Waals surface area contributed by atoms with E-state index < -0.39 is 45.9 Å². The van der Waals surface area contributed by atoms with Crippen LogP contribution in [0.3, 0.4) is 0 Å². The number of carbonyl (C=O) groups is 3. The van der Waals surface area contributed by atoms with E-state index in [-0.39, 0.29) is 23.6 Å². The molecule has 2 heterocycles. The van der Waals surface area contributed by atoms with Gasteiger partial charge in [0.05, 0.1) is 19.3 Å². The Kier molecular flexibility index (Phi) is 7.99. The molecule has 1 saturated heterocycles. The lowest BCUT2D eigenvalue weighted by molar-refractivity contribution is -0.848. The molecule has 0 saturated carbocycles. The van der Waals surface area contributed by atoms with Gasteiger partial charge in [0.15, 0.2) is 5.69 Å². The molecule has 2 rings (SSSR count). The van der Waals surface area contributed by atoms with Crippen LogP contribution in [-0.4, -0.2) is 68.6 Å². The molecule has 1 aromatic heterocycles. The molecule has 1 aromatic rings. The number of anilines is 1. The smallest absolute Gasteiger partial charge is 0.438 e. The van der Waals surface area contributed by atoms with Crippen LogP contribution in [0.5, 0.6) is 0 Å². The van der Waals surface area contributed by atoms with Gasteiger partial charge in [-0.15, -0.1) is 0 Å². The molecule has 14 nitrogen and oxygen atoms in total. The topological polar surface area (TPSA) is 186 Å². The number of ether oxygens (including phenoxy) is 2. The first kappa shape index (κ1) is 23.4. The fourth-order valence-corrected chi connectivity index (χ4v) is 2.79. The SMILES string of the molecule is CCNC(=O)C(=O)c1nc(C2CNCCO2)cc(NC(=O)OCC)[n+]1OS(=O)(=O)O. The van der Waals surface area contributed by atoms with Crippen molar-refractivity contribution < 1.29 is 45.8 Å². The van der Waals surface area contributed by atoms with E-state index in [1.807, 2.05) is 0 Å². The quantitative estimate of drug-likeness (QED) is 0.151. The fourth-order valence-electron chi connectivity index (χ4n) is 2.45. The summed E-state index contributed by atoms with van der Waals surface area (Å²) in [6, 6.07) is 1.16. The molecule has 0 radical (unpaired) electrons. The van der Waals surface area contributed by atoms with E-state index in [9.17, 15) is 22.8 Å². The molecule has 1 aliphatic heterocycles. The Hall–Kier alpha value is -2.88. The van der Waals surface area contributed by atoms with Crippen LogP contribution < -0.4 is 25.0 Å². The van der Waals surface area contributed by atoms with Crippen molar-refractivity contribution in [3.05, 3.63) is 17.6 Å². The lowest BCUT2D eigenvalue weighted by Crippen LogP contribution is -2.55. The van der Waals surface area contributed by atoms with Crippen LogP contribution in [0.25, 0.3) is 0 Å². The van der Waals surface area contributed by atoms with E-state index >= 15 is 0 Å². The summed E-state index contributed by atoms with van der Waals surface area (Å²) in [7, 11) is -5.18. The molecular weight excluding hydrogens is 426 g/mol. The number of nitrogens with one attached hydrogen (secondary N) is 3. The van der Waals surface area contributed by atoms with Crippen LogP contribution in [0.1, 0.15) is 36.3 Å². The Balaban J connectivity index is 2.64. The molecule has 0 bridgehead atoms. The molecule has 1 unspecified atom stereocenters. The first-order valence-electron chi connectivity index (χ1n) is 8.89. The summed E-state index contributed by atoms with van der Waals surface area (Å²) in [6.07, 6.45) is -1.69. The zero-order valence-corrected chi connectivity index (χ0v) is 17.0. The van der Waals surface area contributed by atoms with Crippen LogP contribution in [0.2, 0.25) is 0 Å². The average molecular weight is 448 g/mol. The van der Waals surface area contributed by atoms with Crippen LogP contribution in [0.4, 0.5) is 10.6 Å². The van der Waals surface area contributed by atoms with Crippen molar-refractivity contribution in [2.75, 3.05) is 38.2 Å². The normalized spacial score (nSPS) is 16.4. The third-order valence-electron chi connectivity index (χ3n) is 3.61. The average Bonchev–Trinajstić information content (AvgIpc) is 2.68. The van der Waals surface area contributed by atoms with Crippen molar-refractivity contribution in [2.45, 2.75) is 20.0 Å². The summed E-state index contributed by atoms with van der Waals surface area (Å²) in [6.45, 7) is 4.38. The summed E-state index contributed by atoms with van der Waals surface area (Å²) < 4.78 is 46.6. The number of likely N-dealkylation sites (N-methyl/N-ethyl adjacent to an activating group) is 1. The van der Waals surface area contributed by atoms with Crippen LogP contribution in [0, 0.1) is 0 Å². The molecule has 4 N–H and O–H groups in total. The maximum atomic E-state index is 12.6. The van der Waals surface area contributed by atoms with Crippen molar-refractivity contribution in [1.82, 2.24) is 15.6 Å². The lowest BCUT2D eigenvalue weighted by atomic mass is 10.2. The minimum absolute atomic E-state index is 0.0106. The molecule has 1 atom stereocenters. The Morgan fingerprint density at radius 2 is 2.13 bits per heavy atom. The summed E-state index contributed by atoms with van der Waals surface area (Å²) in [5, 5.41) is 7.47. The predicted octanol–water partition coefficient (Wildman–Crippen LogP) is -1.85. The predicted molar refractivity (Wildman–Crippen MR) is 97.8 cm³/mol. The maximum absolute atomic E-state index is 12.6. The molecule has 1 aliphatic rings. The van der Waals surface area contributed by atoms with Gasteiger partial charge in [-0.1, -0.05) is 4.98 Å². The van der Waals surface area contributed by atoms with E-state index in [4.69, 9.17) is 14.0 Å². The van der Waals surface area contributed by atoms with E-state index in [1.165, 1.54) is 6.92 Å². The zero-order valence-electron chi connectivity index (χ0n) is 16.2. The van der Waals surface area contributed by atoms with Gasteiger partial charge in [0.2, 0.25) is 0 Å². The van der Waals surface area contributed by atoms with Gasteiger partial charge in [-0.2, -0.15) is 8.42 Å². The first-order valence-corrected chi connectivity index (χ1v) is 10.3. The number of amides is 2. The molecule has 2 amide bonds. The molecule has 166 valence electrons. The van der Waals surface area contributed by atoms with Gasteiger partial charge in [0.25, 0.3) is 11.7 Å². The van der Waals surface area contributed by atoms with Gasteiger partial charge in [-0.25, -0.2) is 14.4 Å². The van der Waals surface area contributed by atoms with Gasteiger partial charge in [-0.05, 0) is 18.6 Å². The fraction of sp³-hybridized carbons (Fsp3) is 0.533. The highest BCUT2D eigenvalue weighted by Gasteiger charge is 2.36. The van der Waals surface area contributed by atoms with Gasteiger partial charge in [0, 0.05) is 19.6 Å². The van der Waals surface area contributed by atoms with E-state index in [2.05, 4.69) is 25.2 Å². The standard InChI is InChI=1S/C15H21N5O9S/c1-3-17-14(22)12(21)13-18-9(10-8-16-5-6-28-10)7-11(19-15(23)27-4-2)20(13)29-30(24,25)26/h7,10,16H,3-6,8H2,1-2H3,(H2,17,22,24,25,26)/p+1. The molecule has 0 spiro atoms. The highest BCUT2D eigenvalue weighted by Crippen LogP contribution is 2.19. The third-order valence-corrected chi connectivity index (χ3v) is 3.95. The molecular formula is C15H22N5O9S+. The van der Waals surface area contributed by atoms with Crippen LogP contribution in [-0.2, 0) is 24.7 Å². The molecule has 0 aromatic carbocycles. The van der Waals surface area contributed by atoms with E-state index in [0.29, 0.717) is 19.7 Å². The number of carbonyl (C=O) groups excluding carboxylic acids is 3. The first-order chi connectivity index (χ1) is 14.2. The number of morpholine rings is 1. The molecule has 0 aliphatic carbocycles. The maximum Gasteiger partial charge on any atom is 0.476 e. The minimum Gasteiger partial charge on any atom is -0.438 e. The lowest BCUT2D eigenvalue weighted by Gasteiger charge is -2.22. The second kappa shape index (κ2) is 10.2. The number of Topliss-reactive ketones (excluding diaryl/α,β-unsaturated/α-hetero) is 1. The van der Waals surface area contributed by atoms with Gasteiger partial charge in [-0.3, -0.25) is 14.1 Å². The molecule has 1 fully saturated rings. The number of nitrogens with zero attached hydrogens (tertiary/aromatic N) is 2. The Morgan fingerprint density at radius 1 is 1.40 bits per heavy atom. The van der Waals surface area contributed by atoms with Crippen molar-refractivity contribution in [2.24, 2.45) is 0 Å². The minimum atomic E-state index is -5.18. The molecule has 15 heteroatoms. The zero-order chi connectivity index (χ0) is 22.3. The van der Waals surface area contributed by atoms with Crippen LogP contribution >= 0.6 is 0 Å². The summed E-state index contributed by atoms with van der Waals surface area (Å²) in [5.41, 5.74) is 0.0943. The van der Waals surface area contributed by atoms with Crippen molar-refractivity contribution in [3.63, 3.8) is 0 Å². The summed E-state index contributed by atoms with van der Waals surface area (Å²) >= 11 is 0. The monoisotopic (exact) mass is 448 g/mol. The van der Waals surface area contributed by atoms with Gasteiger partial charge < -0.3 is 20.1 Å². The Labute approximate surface area is 171 Å². The van der Waals surface area contributed by atoms with Crippen molar-refractivity contribution in [3.8, 4) is 0 Å². The Morgan fingerprint density at radius 3 is 2.70 bits per heavy atom. The van der Waals surface area contributed by atoms with E-state index in [0.717, 1.165) is 6.07 Å². The number of rotatable bonds is 8. The largest absolute Gasteiger partial charge is 0.476 e. The second-order valence-corrected chi connectivity index (χ2v) is 6.79. The van der Waals surface area contributed by atoms with Gasteiger partial charge >= 0.3 is 28.1 Å². The summed E-state index contributed by atoms with van der Waals surface area (Å²) in [4.78, 5) is 40.5. The van der Waals surface area contributed by atoms with Crippen molar-refractivity contribution in [1.29, 1.82) is 0 Å². The highest BCUT2D eigenvalue weighted by molar-refractivity contribution is 7.80. The van der Waals surface area contributed by atoms with Crippen LogP contribution in [0.15, 0.2) is 6.07 Å². The van der Waals surface area contributed by atoms with E-state index in [1.54, 1.807) is 6.92 Å². The number of ketones is 1. The second-order valence-electron chi connectivity index (χ2n) is 5.78. The number of aromatic nitrogens is 2.